The van der Waals surface area contributed by atoms with Gasteiger partial charge in [0.25, 0.3) is 0 Å². The molecule has 0 aliphatic carbocycles. The number of carboxylic acid groups (broad SMARTS) is 1. The van der Waals surface area contributed by atoms with Crippen LogP contribution in [-0.4, -0.2) is 35.1 Å². The Labute approximate surface area is 117 Å². The monoisotopic (exact) mass is 333 g/mol. The molecule has 1 aromatic carbocycles. The first-order chi connectivity index (χ1) is 8.52. The molecule has 2 unspecified atom stereocenters. The number of carbonyl (C=O) groups is 1. The molecule has 1 aromatic rings. The van der Waals surface area contributed by atoms with Gasteiger partial charge in [-0.2, -0.15) is 0 Å². The largest absolute Gasteiger partial charge is 0.504 e. The van der Waals surface area contributed by atoms with E-state index >= 15 is 0 Å². The standard InChI is InChI=1S/C11H12BrNO4S/c1-17-8-3-5(12)2-6(9(8)14)10-13-7(4-18-10)11(15)16/h2-3,7,10,13-14H,4H2,1H3,(H,15,16). The topological polar surface area (TPSA) is 78.8 Å². The van der Waals surface area contributed by atoms with E-state index in [0.717, 1.165) is 4.47 Å². The first-order valence-electron chi connectivity index (χ1n) is 5.19. The summed E-state index contributed by atoms with van der Waals surface area (Å²) in [6.45, 7) is 0. The number of benzene rings is 1. The van der Waals surface area contributed by atoms with Gasteiger partial charge in [-0.1, -0.05) is 15.9 Å². The molecule has 0 amide bonds. The van der Waals surface area contributed by atoms with Crippen LogP contribution >= 0.6 is 27.7 Å². The van der Waals surface area contributed by atoms with Gasteiger partial charge >= 0.3 is 5.97 Å². The summed E-state index contributed by atoms with van der Waals surface area (Å²) in [5, 5.41) is 21.7. The van der Waals surface area contributed by atoms with Crippen molar-refractivity contribution >= 4 is 33.7 Å². The predicted molar refractivity (Wildman–Crippen MR) is 72.1 cm³/mol. The Morgan fingerprint density at radius 3 is 2.89 bits per heavy atom. The maximum absolute atomic E-state index is 10.9. The fourth-order valence-electron chi connectivity index (χ4n) is 1.74. The van der Waals surface area contributed by atoms with Crippen molar-refractivity contribution in [2.24, 2.45) is 0 Å². The molecule has 1 saturated heterocycles. The highest BCUT2D eigenvalue weighted by Crippen LogP contribution is 2.43. The SMILES string of the molecule is COc1cc(Br)cc(C2NC(C(=O)O)CS2)c1O. The van der Waals surface area contributed by atoms with Gasteiger partial charge < -0.3 is 14.9 Å². The number of hydrogen-bond donors (Lipinski definition) is 3. The van der Waals surface area contributed by atoms with Gasteiger partial charge in [0.1, 0.15) is 6.04 Å². The van der Waals surface area contributed by atoms with Crippen LogP contribution in [0.15, 0.2) is 16.6 Å². The van der Waals surface area contributed by atoms with E-state index in [2.05, 4.69) is 21.2 Å². The van der Waals surface area contributed by atoms with Gasteiger partial charge in [-0.05, 0) is 12.1 Å². The molecule has 1 heterocycles. The van der Waals surface area contributed by atoms with Gasteiger partial charge in [0.2, 0.25) is 0 Å². The average molecular weight is 334 g/mol. The zero-order valence-electron chi connectivity index (χ0n) is 9.51. The number of thioether (sulfide) groups is 1. The van der Waals surface area contributed by atoms with Gasteiger partial charge in [0.15, 0.2) is 11.5 Å². The van der Waals surface area contributed by atoms with Crippen LogP contribution in [0, 0.1) is 0 Å². The highest BCUT2D eigenvalue weighted by Gasteiger charge is 2.32. The molecule has 1 fully saturated rings. The Bertz CT molecular complexity index is 482. The second kappa shape index (κ2) is 5.38. The van der Waals surface area contributed by atoms with Crippen molar-refractivity contribution in [3.8, 4) is 11.5 Å². The van der Waals surface area contributed by atoms with Crippen LogP contribution < -0.4 is 10.1 Å². The van der Waals surface area contributed by atoms with Crippen LogP contribution in [0.4, 0.5) is 0 Å². The number of halogens is 1. The summed E-state index contributed by atoms with van der Waals surface area (Å²) in [4.78, 5) is 10.9. The predicted octanol–water partition coefficient (Wildman–Crippen LogP) is 1.95. The summed E-state index contributed by atoms with van der Waals surface area (Å²) in [7, 11) is 1.47. The quantitative estimate of drug-likeness (QED) is 0.784. The number of rotatable bonds is 3. The fraction of sp³-hybridized carbons (Fsp3) is 0.364. The third kappa shape index (κ3) is 2.57. The Morgan fingerprint density at radius 1 is 1.61 bits per heavy atom. The average Bonchev–Trinajstić information content (AvgIpc) is 2.81. The van der Waals surface area contributed by atoms with Crippen molar-refractivity contribution in [1.29, 1.82) is 0 Å². The Hall–Kier alpha value is -0.920. The number of phenols is 1. The molecule has 7 heteroatoms. The van der Waals surface area contributed by atoms with E-state index in [9.17, 15) is 9.90 Å². The number of ether oxygens (including phenoxy) is 1. The molecule has 0 spiro atoms. The van der Waals surface area contributed by atoms with Crippen LogP contribution in [0.3, 0.4) is 0 Å². The smallest absolute Gasteiger partial charge is 0.321 e. The minimum atomic E-state index is -0.883. The molecule has 2 atom stereocenters. The molecule has 0 bridgehead atoms. The van der Waals surface area contributed by atoms with Crippen LogP contribution in [0.5, 0.6) is 11.5 Å². The second-order valence-electron chi connectivity index (χ2n) is 3.82. The normalized spacial score (nSPS) is 23.0. The lowest BCUT2D eigenvalue weighted by Crippen LogP contribution is -2.33. The van der Waals surface area contributed by atoms with Gasteiger partial charge in [-0.25, -0.2) is 0 Å². The summed E-state index contributed by atoms with van der Waals surface area (Å²) >= 11 is 4.78. The van der Waals surface area contributed by atoms with E-state index in [1.807, 2.05) is 0 Å². The lowest BCUT2D eigenvalue weighted by molar-refractivity contribution is -0.138. The van der Waals surface area contributed by atoms with Gasteiger partial charge in [-0.15, -0.1) is 11.8 Å². The summed E-state index contributed by atoms with van der Waals surface area (Å²) in [6, 6.07) is 2.82. The first kappa shape index (κ1) is 13.5. The van der Waals surface area contributed by atoms with Crippen molar-refractivity contribution in [3.63, 3.8) is 0 Å². The van der Waals surface area contributed by atoms with Gasteiger partial charge in [0, 0.05) is 15.8 Å². The fourth-order valence-corrected chi connectivity index (χ4v) is 3.44. The molecule has 0 radical (unpaired) electrons. The van der Waals surface area contributed by atoms with Gasteiger partial charge in [0.05, 0.1) is 12.5 Å². The number of carboxylic acids is 1. The molecule has 0 saturated carbocycles. The molecular weight excluding hydrogens is 322 g/mol. The number of nitrogens with one attached hydrogen (secondary N) is 1. The Kier molecular flexibility index (Phi) is 4.04. The van der Waals surface area contributed by atoms with Crippen LogP contribution in [0.1, 0.15) is 10.9 Å². The number of hydrogen-bond acceptors (Lipinski definition) is 5. The third-order valence-corrected chi connectivity index (χ3v) is 4.36. The van der Waals surface area contributed by atoms with E-state index in [4.69, 9.17) is 9.84 Å². The van der Waals surface area contributed by atoms with E-state index in [1.54, 1.807) is 12.1 Å². The number of methoxy groups -OCH3 is 1. The van der Waals surface area contributed by atoms with E-state index in [0.29, 0.717) is 17.1 Å². The zero-order valence-corrected chi connectivity index (χ0v) is 11.9. The molecule has 5 nitrogen and oxygen atoms in total. The Balaban J connectivity index is 2.29. The number of phenolic OH excluding ortho intramolecular Hbond substituents is 1. The molecule has 1 aliphatic heterocycles. The highest BCUT2D eigenvalue weighted by molar-refractivity contribution is 9.10. The highest BCUT2D eigenvalue weighted by atomic mass is 79.9. The number of aliphatic carboxylic acids is 1. The maximum atomic E-state index is 10.9. The molecule has 98 valence electrons. The minimum absolute atomic E-state index is 0.0386. The number of aromatic hydroxyl groups is 1. The molecule has 0 aromatic heterocycles. The Morgan fingerprint density at radius 2 is 2.33 bits per heavy atom. The first-order valence-corrected chi connectivity index (χ1v) is 7.04. The lowest BCUT2D eigenvalue weighted by atomic mass is 10.1. The van der Waals surface area contributed by atoms with Gasteiger partial charge in [-0.3, -0.25) is 10.1 Å². The van der Waals surface area contributed by atoms with Crippen molar-refractivity contribution in [2.45, 2.75) is 11.4 Å². The summed E-state index contributed by atoms with van der Waals surface area (Å²) in [5.41, 5.74) is 0.620. The maximum Gasteiger partial charge on any atom is 0.321 e. The van der Waals surface area contributed by atoms with Crippen LogP contribution in [0.2, 0.25) is 0 Å². The summed E-state index contributed by atoms with van der Waals surface area (Å²) in [6.07, 6.45) is 0. The molecule has 18 heavy (non-hydrogen) atoms. The summed E-state index contributed by atoms with van der Waals surface area (Å²) in [5.74, 6) is -0.0161. The van der Waals surface area contributed by atoms with Crippen molar-refractivity contribution < 1.29 is 19.7 Å². The molecular formula is C11H12BrNO4S. The van der Waals surface area contributed by atoms with Crippen molar-refractivity contribution in [1.82, 2.24) is 5.32 Å². The van der Waals surface area contributed by atoms with Crippen molar-refractivity contribution in [2.75, 3.05) is 12.9 Å². The van der Waals surface area contributed by atoms with E-state index in [1.165, 1.54) is 18.9 Å². The molecule has 1 aliphatic rings. The summed E-state index contributed by atoms with van der Waals surface area (Å²) < 4.78 is 5.84. The molecule has 3 N–H and O–H groups in total. The van der Waals surface area contributed by atoms with Crippen molar-refractivity contribution in [3.05, 3.63) is 22.2 Å². The minimum Gasteiger partial charge on any atom is -0.504 e. The zero-order chi connectivity index (χ0) is 13.3. The second-order valence-corrected chi connectivity index (χ2v) is 5.87. The molecule has 2 rings (SSSR count). The van der Waals surface area contributed by atoms with Crippen LogP contribution in [-0.2, 0) is 4.79 Å². The van der Waals surface area contributed by atoms with E-state index in [-0.39, 0.29) is 11.1 Å². The lowest BCUT2D eigenvalue weighted by Gasteiger charge is -2.15. The van der Waals surface area contributed by atoms with E-state index < -0.39 is 12.0 Å². The third-order valence-electron chi connectivity index (χ3n) is 2.65. The van der Waals surface area contributed by atoms with Crippen LogP contribution in [0.25, 0.3) is 0 Å².